The lowest BCUT2D eigenvalue weighted by Gasteiger charge is -2.23. The molecule has 15 heavy (non-hydrogen) atoms. The molecule has 4 nitrogen and oxygen atoms in total. The molecule has 0 aromatic heterocycles. The topological polar surface area (TPSA) is 58.6 Å². The number of phenols is 1. The summed E-state index contributed by atoms with van der Waals surface area (Å²) < 4.78 is 18.1. The van der Waals surface area contributed by atoms with Gasteiger partial charge in [-0.2, -0.15) is 0 Å². The summed E-state index contributed by atoms with van der Waals surface area (Å²) in [6.07, 6.45) is -0.0216. The van der Waals surface area contributed by atoms with Crippen LogP contribution in [-0.2, 0) is 4.74 Å². The number of nitrogens with one attached hydrogen (secondary N) is 1. The Morgan fingerprint density at radius 1 is 1.53 bits per heavy atom. The highest BCUT2D eigenvalue weighted by Crippen LogP contribution is 2.25. The minimum absolute atomic E-state index is 0.130. The van der Waals surface area contributed by atoms with Crippen LogP contribution in [0.2, 0.25) is 0 Å². The van der Waals surface area contributed by atoms with Crippen molar-refractivity contribution in [2.24, 2.45) is 0 Å². The van der Waals surface area contributed by atoms with E-state index in [1.54, 1.807) is 0 Å². The average molecular weight is 211 g/mol. The van der Waals surface area contributed by atoms with Gasteiger partial charge in [0.25, 0.3) is 0 Å². The van der Waals surface area contributed by atoms with E-state index in [2.05, 4.69) is 10.1 Å². The van der Waals surface area contributed by atoms with E-state index in [9.17, 15) is 9.18 Å². The fourth-order valence-electron chi connectivity index (χ4n) is 1.56. The summed E-state index contributed by atoms with van der Waals surface area (Å²) in [6.45, 7) is 0.275. The van der Waals surface area contributed by atoms with E-state index >= 15 is 0 Å². The fraction of sp³-hybridized carbons (Fsp3) is 0.300. The van der Waals surface area contributed by atoms with Gasteiger partial charge in [0.15, 0.2) is 0 Å². The van der Waals surface area contributed by atoms with Gasteiger partial charge in [0.2, 0.25) is 0 Å². The maximum absolute atomic E-state index is 13.4. The first-order chi connectivity index (χ1) is 7.16. The zero-order valence-corrected chi connectivity index (χ0v) is 7.87. The van der Waals surface area contributed by atoms with E-state index in [0.29, 0.717) is 12.0 Å². The van der Waals surface area contributed by atoms with Gasteiger partial charge in [-0.1, -0.05) is 6.07 Å². The summed E-state index contributed by atoms with van der Waals surface area (Å²) in [6, 6.07) is 3.49. The Balaban J connectivity index is 2.24. The van der Waals surface area contributed by atoms with Crippen molar-refractivity contribution in [1.82, 2.24) is 5.32 Å². The van der Waals surface area contributed by atoms with Crippen molar-refractivity contribution < 1.29 is 19.0 Å². The second-order valence-corrected chi connectivity index (χ2v) is 3.33. The van der Waals surface area contributed by atoms with Crippen LogP contribution in [0.25, 0.3) is 0 Å². The number of amides is 1. The van der Waals surface area contributed by atoms with E-state index in [4.69, 9.17) is 5.11 Å². The number of alkyl carbamates (subject to hydrolysis) is 1. The maximum atomic E-state index is 13.4. The van der Waals surface area contributed by atoms with Gasteiger partial charge in [-0.15, -0.1) is 0 Å². The van der Waals surface area contributed by atoms with Crippen LogP contribution in [0.5, 0.6) is 5.75 Å². The highest BCUT2D eigenvalue weighted by atomic mass is 19.1. The largest absolute Gasteiger partial charge is 0.508 e. The zero-order valence-electron chi connectivity index (χ0n) is 7.87. The zero-order chi connectivity index (χ0) is 10.8. The molecule has 5 heteroatoms. The lowest BCUT2D eigenvalue weighted by molar-refractivity contribution is 0.115. The van der Waals surface area contributed by atoms with Gasteiger partial charge < -0.3 is 15.2 Å². The molecule has 1 aromatic carbocycles. The van der Waals surface area contributed by atoms with E-state index < -0.39 is 11.9 Å². The van der Waals surface area contributed by atoms with Crippen molar-refractivity contribution in [2.75, 3.05) is 6.61 Å². The highest BCUT2D eigenvalue weighted by Gasteiger charge is 2.23. The first-order valence-corrected chi connectivity index (χ1v) is 4.58. The first-order valence-electron chi connectivity index (χ1n) is 4.58. The Morgan fingerprint density at radius 3 is 3.00 bits per heavy atom. The molecule has 1 aliphatic heterocycles. The molecular formula is C10H10FNO3. The number of aromatic hydroxyl groups is 1. The number of carbonyl (C=O) groups is 1. The van der Waals surface area contributed by atoms with E-state index in [1.807, 2.05) is 0 Å². The molecule has 80 valence electrons. The molecule has 2 N–H and O–H groups in total. The predicted molar refractivity (Wildman–Crippen MR) is 49.9 cm³/mol. The molecular weight excluding hydrogens is 201 g/mol. The third kappa shape index (κ3) is 2.01. The fourth-order valence-corrected chi connectivity index (χ4v) is 1.56. The van der Waals surface area contributed by atoms with Gasteiger partial charge in [0, 0.05) is 18.1 Å². The molecule has 1 amide bonds. The minimum Gasteiger partial charge on any atom is -0.508 e. The number of hydrogen-bond donors (Lipinski definition) is 2. The summed E-state index contributed by atoms with van der Waals surface area (Å²) >= 11 is 0. The molecule has 1 saturated heterocycles. The number of carbonyl (C=O) groups excluding carboxylic acids is 1. The molecule has 2 rings (SSSR count). The van der Waals surface area contributed by atoms with E-state index in [-0.39, 0.29) is 18.4 Å². The highest BCUT2D eigenvalue weighted by molar-refractivity contribution is 5.68. The summed E-state index contributed by atoms with van der Waals surface area (Å²) in [7, 11) is 0. The summed E-state index contributed by atoms with van der Waals surface area (Å²) in [4.78, 5) is 10.9. The van der Waals surface area contributed by atoms with Gasteiger partial charge in [-0.3, -0.25) is 0 Å². The Labute approximate surface area is 85.7 Å². The van der Waals surface area contributed by atoms with Gasteiger partial charge in [0.1, 0.15) is 11.6 Å². The maximum Gasteiger partial charge on any atom is 0.407 e. The number of ether oxygens (including phenoxy) is 1. The van der Waals surface area contributed by atoms with E-state index in [1.165, 1.54) is 12.1 Å². The van der Waals surface area contributed by atoms with Crippen molar-refractivity contribution >= 4 is 6.09 Å². The van der Waals surface area contributed by atoms with Gasteiger partial charge in [-0.05, 0) is 6.07 Å². The standard InChI is InChI=1S/C10H10FNO3/c11-8-5-6(13)1-2-7(8)9-3-4-15-10(14)12-9/h1-2,5,9,13H,3-4H2,(H,12,14)/t9-/m1/s1. The molecule has 0 radical (unpaired) electrons. The number of hydrogen-bond acceptors (Lipinski definition) is 3. The van der Waals surface area contributed by atoms with Crippen molar-refractivity contribution in [1.29, 1.82) is 0 Å². The smallest absolute Gasteiger partial charge is 0.407 e. The molecule has 1 aromatic rings. The third-order valence-corrected chi connectivity index (χ3v) is 2.29. The van der Waals surface area contributed by atoms with Crippen LogP contribution in [0, 0.1) is 5.82 Å². The lowest BCUT2D eigenvalue weighted by Crippen LogP contribution is -2.35. The molecule has 0 aliphatic carbocycles. The second kappa shape index (κ2) is 3.76. The summed E-state index contributed by atoms with van der Waals surface area (Å²) in [5.41, 5.74) is 0.365. The SMILES string of the molecule is O=C1N[C@@H](c2ccc(O)cc2F)CCO1. The Bertz CT molecular complexity index is 394. The molecule has 0 saturated carbocycles. The van der Waals surface area contributed by atoms with Gasteiger partial charge in [-0.25, -0.2) is 9.18 Å². The molecule has 0 spiro atoms. The molecule has 0 unspecified atom stereocenters. The normalized spacial score (nSPS) is 20.6. The Kier molecular flexibility index (Phi) is 2.45. The van der Waals surface area contributed by atoms with Crippen LogP contribution in [0.1, 0.15) is 18.0 Å². The average Bonchev–Trinajstić information content (AvgIpc) is 2.17. The molecule has 0 bridgehead atoms. The van der Waals surface area contributed by atoms with Crippen LogP contribution in [0.4, 0.5) is 9.18 Å². The minimum atomic E-state index is -0.543. The van der Waals surface area contributed by atoms with E-state index in [0.717, 1.165) is 6.07 Å². The van der Waals surface area contributed by atoms with Gasteiger partial charge >= 0.3 is 6.09 Å². The Morgan fingerprint density at radius 2 is 2.33 bits per heavy atom. The van der Waals surface area contributed by atoms with Gasteiger partial charge in [0.05, 0.1) is 12.6 Å². The second-order valence-electron chi connectivity index (χ2n) is 3.33. The summed E-state index contributed by atoms with van der Waals surface area (Å²) in [5, 5.41) is 11.5. The number of rotatable bonds is 1. The monoisotopic (exact) mass is 211 g/mol. The van der Waals surface area contributed by atoms with Crippen molar-refractivity contribution in [3.05, 3.63) is 29.6 Å². The number of cyclic esters (lactones) is 1. The molecule has 1 heterocycles. The van der Waals surface area contributed by atoms with Crippen LogP contribution < -0.4 is 5.32 Å². The quantitative estimate of drug-likeness (QED) is 0.743. The molecule has 1 atom stereocenters. The van der Waals surface area contributed by atoms with Crippen LogP contribution in [0.3, 0.4) is 0 Å². The number of phenolic OH excluding ortho intramolecular Hbond substituents is 1. The van der Waals surface area contributed by atoms with Crippen molar-refractivity contribution in [2.45, 2.75) is 12.5 Å². The van der Waals surface area contributed by atoms with Crippen molar-refractivity contribution in [3.63, 3.8) is 0 Å². The number of benzene rings is 1. The van der Waals surface area contributed by atoms with Crippen LogP contribution in [-0.4, -0.2) is 17.8 Å². The molecule has 1 fully saturated rings. The first kappa shape index (κ1) is 9.76. The summed E-state index contributed by atoms with van der Waals surface area (Å²) in [5.74, 6) is -0.656. The van der Waals surface area contributed by atoms with Crippen molar-refractivity contribution in [3.8, 4) is 5.75 Å². The predicted octanol–water partition coefficient (Wildman–Crippen LogP) is 1.70. The molecule has 1 aliphatic rings. The number of halogens is 1. The van der Waals surface area contributed by atoms with Crippen LogP contribution in [0.15, 0.2) is 18.2 Å². The Hall–Kier alpha value is -1.78. The lowest BCUT2D eigenvalue weighted by atomic mass is 10.0. The van der Waals surface area contributed by atoms with Crippen LogP contribution >= 0.6 is 0 Å². The third-order valence-electron chi connectivity index (χ3n) is 2.29.